The van der Waals surface area contributed by atoms with Crippen LogP contribution in [0.1, 0.15) is 60.3 Å². The van der Waals surface area contributed by atoms with Crippen molar-refractivity contribution in [2.75, 3.05) is 31.1 Å². The van der Waals surface area contributed by atoms with E-state index in [4.69, 9.17) is 21.6 Å². The molecule has 3 heterocycles. The van der Waals surface area contributed by atoms with Gasteiger partial charge in [-0.2, -0.15) is 0 Å². The van der Waals surface area contributed by atoms with Crippen LogP contribution in [0.3, 0.4) is 0 Å². The van der Waals surface area contributed by atoms with Gasteiger partial charge in [0, 0.05) is 37.0 Å². The number of aromatic nitrogens is 2. The van der Waals surface area contributed by atoms with E-state index in [0.717, 1.165) is 53.9 Å². The lowest BCUT2D eigenvalue weighted by Gasteiger charge is -2.37. The quantitative estimate of drug-likeness (QED) is 0.456. The van der Waals surface area contributed by atoms with Gasteiger partial charge in [0.05, 0.1) is 5.39 Å². The maximum atomic E-state index is 13.0. The van der Waals surface area contributed by atoms with E-state index in [1.165, 1.54) is 22.2 Å². The molecule has 1 aliphatic carbocycles. The molecule has 0 unspecified atom stereocenters. The van der Waals surface area contributed by atoms with Gasteiger partial charge in [0.2, 0.25) is 5.91 Å². The Labute approximate surface area is 204 Å². The number of rotatable bonds is 4. The molecule has 0 bridgehead atoms. The third kappa shape index (κ3) is 4.35. The zero-order valence-corrected chi connectivity index (χ0v) is 21.1. The van der Waals surface area contributed by atoms with E-state index >= 15 is 0 Å². The van der Waals surface area contributed by atoms with Crippen molar-refractivity contribution in [1.82, 2.24) is 14.9 Å². The van der Waals surface area contributed by atoms with Gasteiger partial charge < -0.3 is 9.80 Å². The first-order chi connectivity index (χ1) is 15.9. The largest absolute Gasteiger partial charge is 0.352 e. The minimum Gasteiger partial charge on any atom is -0.352 e. The molecule has 2 aliphatic rings. The number of carbonyl (C=O) groups is 1. The molecule has 2 aromatic heterocycles. The molecule has 1 aromatic carbocycles. The Morgan fingerprint density at radius 1 is 1.12 bits per heavy atom. The number of piperazine rings is 1. The number of hydrogen-bond acceptors (Lipinski definition) is 5. The number of halogens is 1. The number of nitrogens with zero attached hydrogens (tertiary/aromatic N) is 4. The van der Waals surface area contributed by atoms with Gasteiger partial charge in [-0.3, -0.25) is 4.79 Å². The molecule has 0 radical (unpaired) electrons. The van der Waals surface area contributed by atoms with Gasteiger partial charge >= 0.3 is 0 Å². The summed E-state index contributed by atoms with van der Waals surface area (Å²) < 4.78 is 0. The van der Waals surface area contributed by atoms with Crippen LogP contribution in [-0.2, 0) is 17.6 Å². The fourth-order valence-corrected chi connectivity index (χ4v) is 6.56. The number of thiophene rings is 1. The molecule has 1 saturated heterocycles. The number of carbonyl (C=O) groups excluding carboxylic acids is 1. The van der Waals surface area contributed by atoms with E-state index in [9.17, 15) is 4.79 Å². The molecule has 3 aromatic rings. The van der Waals surface area contributed by atoms with Gasteiger partial charge in [-0.15, -0.1) is 22.9 Å². The predicted molar refractivity (Wildman–Crippen MR) is 137 cm³/mol. The second-order valence-corrected chi connectivity index (χ2v) is 11.2. The summed E-state index contributed by atoms with van der Waals surface area (Å²) in [5.74, 6) is 2.96. The predicted octanol–water partition coefficient (Wildman–Crippen LogP) is 5.57. The van der Waals surface area contributed by atoms with Crippen LogP contribution in [0.5, 0.6) is 0 Å². The molecule has 2 atom stereocenters. The van der Waals surface area contributed by atoms with E-state index in [1.54, 1.807) is 0 Å². The van der Waals surface area contributed by atoms with Crippen molar-refractivity contribution in [2.45, 2.75) is 51.3 Å². The molecule has 5 rings (SSSR count). The Morgan fingerprint density at radius 2 is 1.85 bits per heavy atom. The smallest absolute Gasteiger partial charge is 0.245 e. The zero-order chi connectivity index (χ0) is 23.1. The summed E-state index contributed by atoms with van der Waals surface area (Å²) in [5.41, 5.74) is 2.31. The van der Waals surface area contributed by atoms with Gasteiger partial charge in [-0.05, 0) is 36.3 Å². The highest BCUT2D eigenvalue weighted by molar-refractivity contribution is 7.19. The second-order valence-electron chi connectivity index (χ2n) is 9.68. The first-order valence-corrected chi connectivity index (χ1v) is 13.2. The number of benzene rings is 1. The lowest BCUT2D eigenvalue weighted by Crippen LogP contribution is -2.50. The molecule has 174 valence electrons. The number of hydrogen-bond donors (Lipinski definition) is 0. The van der Waals surface area contributed by atoms with Crippen LogP contribution in [0.4, 0.5) is 5.82 Å². The third-order valence-corrected chi connectivity index (χ3v) is 8.46. The van der Waals surface area contributed by atoms with Crippen molar-refractivity contribution in [3.63, 3.8) is 0 Å². The number of anilines is 1. The summed E-state index contributed by atoms with van der Waals surface area (Å²) in [4.78, 5) is 29.9. The standard InChI is InChI=1S/C26H31ClN4OS/c1-16(2)23-28-24(21-19-10-9-17(3)15-20(19)33-25(21)29-23)30-11-13-31(14-12-30)26(32)22(27)18-7-5-4-6-8-18/h4-8,16-17,22H,9-15H2,1-3H3/t17-,22+/m0/s1. The summed E-state index contributed by atoms with van der Waals surface area (Å²) in [6.07, 6.45) is 3.48. The van der Waals surface area contributed by atoms with E-state index in [0.29, 0.717) is 13.1 Å². The molecule has 33 heavy (non-hydrogen) atoms. The monoisotopic (exact) mass is 482 g/mol. The van der Waals surface area contributed by atoms with Crippen LogP contribution in [0.2, 0.25) is 0 Å². The number of alkyl halides is 1. The van der Waals surface area contributed by atoms with Crippen LogP contribution >= 0.6 is 22.9 Å². The van der Waals surface area contributed by atoms with Gasteiger partial charge in [0.25, 0.3) is 0 Å². The number of fused-ring (bicyclic) bond motifs is 3. The minimum absolute atomic E-state index is 0.0138. The lowest BCUT2D eigenvalue weighted by molar-refractivity contribution is -0.131. The van der Waals surface area contributed by atoms with Crippen LogP contribution < -0.4 is 4.90 Å². The Kier molecular flexibility index (Phi) is 6.32. The highest BCUT2D eigenvalue weighted by atomic mass is 35.5. The average molecular weight is 483 g/mol. The summed E-state index contributed by atoms with van der Waals surface area (Å²) >= 11 is 8.39. The summed E-state index contributed by atoms with van der Waals surface area (Å²) in [5, 5.41) is 0.618. The fourth-order valence-electron chi connectivity index (χ4n) is 4.89. The molecular weight excluding hydrogens is 452 g/mol. The maximum absolute atomic E-state index is 13.0. The van der Waals surface area contributed by atoms with Crippen molar-refractivity contribution in [2.24, 2.45) is 5.92 Å². The Hall–Kier alpha value is -2.18. The Balaban J connectivity index is 1.40. The van der Waals surface area contributed by atoms with Crippen molar-refractivity contribution in [3.8, 4) is 0 Å². The van der Waals surface area contributed by atoms with Crippen LogP contribution in [0.25, 0.3) is 10.2 Å². The van der Waals surface area contributed by atoms with Crippen LogP contribution in [-0.4, -0.2) is 47.0 Å². The maximum Gasteiger partial charge on any atom is 0.245 e. The van der Waals surface area contributed by atoms with Crippen LogP contribution in [0, 0.1) is 5.92 Å². The summed E-state index contributed by atoms with van der Waals surface area (Å²) in [6, 6.07) is 9.61. The highest BCUT2D eigenvalue weighted by Crippen LogP contribution is 2.41. The number of amides is 1. The molecule has 0 N–H and O–H groups in total. The zero-order valence-electron chi connectivity index (χ0n) is 19.6. The molecule has 1 aliphatic heterocycles. The van der Waals surface area contributed by atoms with Crippen molar-refractivity contribution in [1.29, 1.82) is 0 Å². The summed E-state index contributed by atoms with van der Waals surface area (Å²) in [6.45, 7) is 9.48. The van der Waals surface area contributed by atoms with E-state index in [-0.39, 0.29) is 11.8 Å². The minimum atomic E-state index is -0.637. The van der Waals surface area contributed by atoms with Crippen molar-refractivity contribution >= 4 is 44.9 Å². The Morgan fingerprint density at radius 3 is 2.55 bits per heavy atom. The molecule has 1 fully saturated rings. The van der Waals surface area contributed by atoms with E-state index < -0.39 is 5.38 Å². The van der Waals surface area contributed by atoms with Gasteiger partial charge in [-0.25, -0.2) is 9.97 Å². The van der Waals surface area contributed by atoms with E-state index in [1.807, 2.05) is 46.6 Å². The normalized spacial score (nSPS) is 19.7. The number of aryl methyl sites for hydroxylation is 1. The van der Waals surface area contributed by atoms with Crippen molar-refractivity contribution < 1.29 is 4.79 Å². The molecule has 0 spiro atoms. The summed E-state index contributed by atoms with van der Waals surface area (Å²) in [7, 11) is 0. The van der Waals surface area contributed by atoms with Gasteiger partial charge in [-0.1, -0.05) is 51.1 Å². The lowest BCUT2D eigenvalue weighted by atomic mass is 9.89. The Bertz CT molecular complexity index is 1150. The fraction of sp³-hybridized carbons (Fsp3) is 0.500. The molecule has 1 amide bonds. The second kappa shape index (κ2) is 9.22. The molecular formula is C26H31ClN4OS. The third-order valence-electron chi connectivity index (χ3n) is 6.87. The first-order valence-electron chi connectivity index (χ1n) is 12.0. The van der Waals surface area contributed by atoms with Crippen molar-refractivity contribution in [3.05, 3.63) is 52.2 Å². The highest BCUT2D eigenvalue weighted by Gasteiger charge is 2.31. The first kappa shape index (κ1) is 22.6. The van der Waals surface area contributed by atoms with Crippen LogP contribution in [0.15, 0.2) is 30.3 Å². The average Bonchev–Trinajstić information content (AvgIpc) is 3.20. The molecule has 0 saturated carbocycles. The molecule has 7 heteroatoms. The topological polar surface area (TPSA) is 49.3 Å². The molecule has 5 nitrogen and oxygen atoms in total. The van der Waals surface area contributed by atoms with Gasteiger partial charge in [0.15, 0.2) is 0 Å². The SMILES string of the molecule is CC(C)c1nc(N2CCN(C(=O)[C@H](Cl)c3ccccc3)CC2)c2c3c(sc2n1)C[C@@H](C)CC3. The van der Waals surface area contributed by atoms with Gasteiger partial charge in [0.1, 0.15) is 21.8 Å². The van der Waals surface area contributed by atoms with E-state index in [2.05, 4.69) is 25.7 Å².